The number of carbonyl (C=O) groups excluding carboxylic acids is 1. The van der Waals surface area contributed by atoms with Crippen molar-refractivity contribution in [3.8, 4) is 0 Å². The smallest absolute Gasteiger partial charge is 0.236 e. The molecule has 0 spiro atoms. The Morgan fingerprint density at radius 1 is 1.62 bits per heavy atom. The van der Waals surface area contributed by atoms with Crippen molar-refractivity contribution in [1.82, 2.24) is 10.2 Å². The lowest BCUT2D eigenvalue weighted by molar-refractivity contribution is -0.113. The number of methoxy groups -OCH3 is 1. The number of thioether (sulfide) groups is 1. The number of nitrogens with zero attached hydrogens (tertiary/aromatic N) is 2. The summed E-state index contributed by atoms with van der Waals surface area (Å²) in [5.41, 5.74) is 5.32. The fourth-order valence-electron chi connectivity index (χ4n) is 0.889. The lowest BCUT2D eigenvalue weighted by Gasteiger charge is -1.99. The second-order valence-electron chi connectivity index (χ2n) is 2.82. The molecule has 90 valence electrons. The molecule has 0 unspecified atom stereocenters. The van der Waals surface area contributed by atoms with Crippen LogP contribution in [0.3, 0.4) is 0 Å². The van der Waals surface area contributed by atoms with Gasteiger partial charge in [0, 0.05) is 19.4 Å². The van der Waals surface area contributed by atoms with Crippen LogP contribution in [0.5, 0.6) is 0 Å². The average molecular weight is 262 g/mol. The quantitative estimate of drug-likeness (QED) is 0.688. The maximum atomic E-state index is 11.4. The van der Waals surface area contributed by atoms with Crippen LogP contribution < -0.4 is 11.1 Å². The first-order chi connectivity index (χ1) is 7.76. The lowest BCUT2D eigenvalue weighted by Crippen LogP contribution is -2.15. The number of carbonyl (C=O) groups is 1. The molecule has 0 radical (unpaired) electrons. The van der Waals surface area contributed by atoms with Gasteiger partial charge in [0.1, 0.15) is 11.6 Å². The van der Waals surface area contributed by atoms with Gasteiger partial charge in [-0.3, -0.25) is 10.1 Å². The number of nitrogens with two attached hydrogens (primary N) is 1. The molecule has 3 N–H and O–H groups in total. The van der Waals surface area contributed by atoms with Gasteiger partial charge in [0.15, 0.2) is 0 Å². The van der Waals surface area contributed by atoms with Crippen molar-refractivity contribution in [1.29, 1.82) is 0 Å². The molecular formula is C8H14N4O2S2. The maximum Gasteiger partial charge on any atom is 0.236 e. The van der Waals surface area contributed by atoms with Crippen molar-refractivity contribution in [2.45, 2.75) is 6.61 Å². The predicted octanol–water partition coefficient (Wildman–Crippen LogP) is 0.315. The zero-order chi connectivity index (χ0) is 11.8. The van der Waals surface area contributed by atoms with E-state index in [9.17, 15) is 4.79 Å². The molecule has 1 rings (SSSR count). The minimum atomic E-state index is -0.0847. The molecule has 0 bridgehead atoms. The normalized spacial score (nSPS) is 10.4. The predicted molar refractivity (Wildman–Crippen MR) is 65.6 cm³/mol. The van der Waals surface area contributed by atoms with E-state index in [-0.39, 0.29) is 5.91 Å². The SMILES string of the molecule is COCc1nnc(NC(=O)CSCCN)s1. The summed E-state index contributed by atoms with van der Waals surface area (Å²) in [5.74, 6) is 1.08. The number of amides is 1. The number of anilines is 1. The van der Waals surface area contributed by atoms with Crippen LogP contribution in [0, 0.1) is 0 Å². The minimum absolute atomic E-state index is 0.0847. The van der Waals surface area contributed by atoms with E-state index >= 15 is 0 Å². The van der Waals surface area contributed by atoms with Gasteiger partial charge >= 0.3 is 0 Å². The first-order valence-corrected chi connectivity index (χ1v) is 6.62. The van der Waals surface area contributed by atoms with Crippen LogP contribution in [-0.2, 0) is 16.1 Å². The van der Waals surface area contributed by atoms with E-state index in [1.807, 2.05) is 0 Å². The summed E-state index contributed by atoms with van der Waals surface area (Å²) < 4.78 is 4.90. The largest absolute Gasteiger partial charge is 0.377 e. The van der Waals surface area contributed by atoms with Crippen molar-refractivity contribution in [2.24, 2.45) is 5.73 Å². The molecule has 0 aliphatic heterocycles. The molecular weight excluding hydrogens is 248 g/mol. The number of hydrogen-bond donors (Lipinski definition) is 2. The molecule has 6 nitrogen and oxygen atoms in total. The van der Waals surface area contributed by atoms with Crippen LogP contribution in [0.2, 0.25) is 0 Å². The van der Waals surface area contributed by atoms with E-state index in [1.54, 1.807) is 7.11 Å². The molecule has 0 aromatic carbocycles. The highest BCUT2D eigenvalue weighted by atomic mass is 32.2. The molecule has 1 aromatic heterocycles. The van der Waals surface area contributed by atoms with Crippen molar-refractivity contribution in [3.05, 3.63) is 5.01 Å². The maximum absolute atomic E-state index is 11.4. The molecule has 0 fully saturated rings. The Balaban J connectivity index is 2.31. The Morgan fingerprint density at radius 2 is 2.44 bits per heavy atom. The molecule has 0 aliphatic rings. The molecule has 0 saturated carbocycles. The Morgan fingerprint density at radius 3 is 3.12 bits per heavy atom. The first-order valence-electron chi connectivity index (χ1n) is 4.65. The molecule has 0 aliphatic carbocycles. The Kier molecular flexibility index (Phi) is 6.31. The topological polar surface area (TPSA) is 90.1 Å². The average Bonchev–Trinajstić information content (AvgIpc) is 2.66. The van der Waals surface area contributed by atoms with Crippen LogP contribution in [0.4, 0.5) is 5.13 Å². The van der Waals surface area contributed by atoms with Gasteiger partial charge in [-0.2, -0.15) is 11.8 Å². The van der Waals surface area contributed by atoms with Gasteiger partial charge in [-0.1, -0.05) is 11.3 Å². The molecule has 0 saturated heterocycles. The molecule has 1 aromatic rings. The fourth-order valence-corrected chi connectivity index (χ4v) is 2.19. The van der Waals surface area contributed by atoms with Crippen LogP contribution in [-0.4, -0.2) is 41.3 Å². The van der Waals surface area contributed by atoms with Gasteiger partial charge in [-0.25, -0.2) is 0 Å². The van der Waals surface area contributed by atoms with Crippen LogP contribution >= 0.6 is 23.1 Å². The van der Waals surface area contributed by atoms with Gasteiger partial charge in [-0.05, 0) is 0 Å². The molecule has 1 amide bonds. The number of aromatic nitrogens is 2. The van der Waals surface area contributed by atoms with Gasteiger partial charge in [0.2, 0.25) is 11.0 Å². The number of nitrogens with one attached hydrogen (secondary N) is 1. The summed E-state index contributed by atoms with van der Waals surface area (Å²) in [6.07, 6.45) is 0. The van der Waals surface area contributed by atoms with Crippen LogP contribution in [0.1, 0.15) is 5.01 Å². The zero-order valence-electron chi connectivity index (χ0n) is 8.93. The Hall–Kier alpha value is -0.700. The summed E-state index contributed by atoms with van der Waals surface area (Å²) in [5, 5.41) is 11.6. The number of hydrogen-bond acceptors (Lipinski definition) is 7. The monoisotopic (exact) mass is 262 g/mol. The molecule has 0 atom stereocenters. The van der Waals surface area contributed by atoms with Crippen LogP contribution in [0.15, 0.2) is 0 Å². The fraction of sp³-hybridized carbons (Fsp3) is 0.625. The lowest BCUT2D eigenvalue weighted by atomic mass is 10.7. The second-order valence-corrected chi connectivity index (χ2v) is 4.99. The van der Waals surface area contributed by atoms with Crippen LogP contribution in [0.25, 0.3) is 0 Å². The van der Waals surface area contributed by atoms with Crippen molar-refractivity contribution < 1.29 is 9.53 Å². The Labute approximate surface area is 102 Å². The highest BCUT2D eigenvalue weighted by molar-refractivity contribution is 7.99. The molecule has 16 heavy (non-hydrogen) atoms. The molecule has 8 heteroatoms. The van der Waals surface area contributed by atoms with Crippen molar-refractivity contribution in [2.75, 3.05) is 30.5 Å². The van der Waals surface area contributed by atoms with E-state index in [2.05, 4.69) is 15.5 Å². The van der Waals surface area contributed by atoms with E-state index in [1.165, 1.54) is 23.1 Å². The molecule has 1 heterocycles. The first kappa shape index (κ1) is 13.4. The summed E-state index contributed by atoms with van der Waals surface area (Å²) in [6, 6.07) is 0. The third-order valence-electron chi connectivity index (χ3n) is 1.48. The third kappa shape index (κ3) is 4.88. The summed E-state index contributed by atoms with van der Waals surface area (Å²) in [4.78, 5) is 11.4. The third-order valence-corrected chi connectivity index (χ3v) is 3.28. The van der Waals surface area contributed by atoms with Crippen molar-refractivity contribution in [3.63, 3.8) is 0 Å². The van der Waals surface area contributed by atoms with E-state index in [0.717, 1.165) is 10.8 Å². The van der Waals surface area contributed by atoms with Gasteiger partial charge < -0.3 is 10.5 Å². The van der Waals surface area contributed by atoms with Gasteiger partial charge in [0.05, 0.1) is 5.75 Å². The zero-order valence-corrected chi connectivity index (χ0v) is 10.6. The Bertz CT molecular complexity index is 332. The highest BCUT2D eigenvalue weighted by Crippen LogP contribution is 2.15. The number of rotatable bonds is 7. The van der Waals surface area contributed by atoms with Gasteiger partial charge in [0.25, 0.3) is 0 Å². The summed E-state index contributed by atoms with van der Waals surface area (Å²) in [7, 11) is 1.59. The van der Waals surface area contributed by atoms with E-state index < -0.39 is 0 Å². The second kappa shape index (κ2) is 7.55. The van der Waals surface area contributed by atoms with Crippen molar-refractivity contribution >= 4 is 34.1 Å². The van der Waals surface area contributed by atoms with Gasteiger partial charge in [-0.15, -0.1) is 10.2 Å². The van der Waals surface area contributed by atoms with E-state index in [4.69, 9.17) is 10.5 Å². The summed E-state index contributed by atoms with van der Waals surface area (Å²) >= 11 is 2.80. The summed E-state index contributed by atoms with van der Waals surface area (Å²) in [6.45, 7) is 0.990. The number of ether oxygens (including phenoxy) is 1. The standard InChI is InChI=1S/C8H14N4O2S2/c1-14-4-7-11-12-8(16-7)10-6(13)5-15-3-2-9/h2-5,9H2,1H3,(H,10,12,13). The minimum Gasteiger partial charge on any atom is -0.377 e. The van der Waals surface area contributed by atoms with E-state index in [0.29, 0.717) is 24.0 Å². The highest BCUT2D eigenvalue weighted by Gasteiger charge is 2.07.